The van der Waals surface area contributed by atoms with Crippen molar-refractivity contribution in [3.8, 4) is 0 Å². The molecule has 0 bridgehead atoms. The summed E-state index contributed by atoms with van der Waals surface area (Å²) in [5.41, 5.74) is 0. The number of nitrogens with one attached hydrogen (secondary N) is 1. The zero-order valence-corrected chi connectivity index (χ0v) is 12.4. The first-order chi connectivity index (χ1) is 8.79. The summed E-state index contributed by atoms with van der Waals surface area (Å²) in [7, 11) is 1.32. The molecule has 1 unspecified atom stereocenters. The second-order valence-electron chi connectivity index (χ2n) is 4.85. The van der Waals surface area contributed by atoms with Gasteiger partial charge < -0.3 is 15.0 Å². The van der Waals surface area contributed by atoms with Gasteiger partial charge in [-0.05, 0) is 0 Å². The van der Waals surface area contributed by atoms with Crippen LogP contribution < -0.4 is 5.32 Å². The highest BCUT2D eigenvalue weighted by Crippen LogP contribution is 2.07. The molecule has 0 aromatic rings. The van der Waals surface area contributed by atoms with Crippen molar-refractivity contribution in [2.24, 2.45) is 11.8 Å². The van der Waals surface area contributed by atoms with Crippen molar-refractivity contribution in [2.75, 3.05) is 26.7 Å². The zero-order chi connectivity index (χ0) is 15.0. The number of methoxy groups -OCH3 is 1. The number of hydrogen-bond donors (Lipinski definition) is 1. The molecule has 110 valence electrons. The molecule has 0 aliphatic rings. The van der Waals surface area contributed by atoms with Crippen LogP contribution >= 0.6 is 0 Å². The molecular formula is C13H24N2O4. The molecule has 0 saturated carbocycles. The second-order valence-corrected chi connectivity index (χ2v) is 4.85. The van der Waals surface area contributed by atoms with E-state index in [1.165, 1.54) is 14.0 Å². The molecule has 0 radical (unpaired) electrons. The van der Waals surface area contributed by atoms with Crippen molar-refractivity contribution in [2.45, 2.75) is 27.7 Å². The molecule has 2 amide bonds. The number of carbonyl (C=O) groups excluding carboxylic acids is 3. The first kappa shape index (κ1) is 17.4. The molecule has 0 rings (SSSR count). The minimum Gasteiger partial charge on any atom is -0.469 e. The summed E-state index contributed by atoms with van der Waals surface area (Å²) >= 11 is 0. The van der Waals surface area contributed by atoms with E-state index in [-0.39, 0.29) is 29.6 Å². The molecule has 0 aliphatic heterocycles. The third-order valence-corrected chi connectivity index (χ3v) is 2.66. The Balaban J connectivity index is 4.54. The van der Waals surface area contributed by atoms with Crippen molar-refractivity contribution in [1.82, 2.24) is 10.2 Å². The number of amides is 2. The quantitative estimate of drug-likeness (QED) is 0.681. The van der Waals surface area contributed by atoms with Gasteiger partial charge in [0.05, 0.1) is 13.0 Å². The topological polar surface area (TPSA) is 75.7 Å². The first-order valence-electron chi connectivity index (χ1n) is 6.40. The fourth-order valence-corrected chi connectivity index (χ4v) is 1.63. The Bertz CT molecular complexity index is 329. The lowest BCUT2D eigenvalue weighted by Gasteiger charge is -2.26. The van der Waals surface area contributed by atoms with Gasteiger partial charge in [0.1, 0.15) is 0 Å². The lowest BCUT2D eigenvalue weighted by Crippen LogP contribution is -2.43. The Morgan fingerprint density at radius 1 is 1.21 bits per heavy atom. The van der Waals surface area contributed by atoms with Gasteiger partial charge in [-0.15, -0.1) is 0 Å². The van der Waals surface area contributed by atoms with E-state index >= 15 is 0 Å². The molecule has 0 fully saturated rings. The van der Waals surface area contributed by atoms with Crippen molar-refractivity contribution >= 4 is 17.8 Å². The summed E-state index contributed by atoms with van der Waals surface area (Å²) in [5, 5.41) is 2.64. The SMILES string of the molecule is COC(=O)C(C)CN(CCNC(C)=O)C(=O)C(C)C. The van der Waals surface area contributed by atoms with E-state index < -0.39 is 0 Å². The monoisotopic (exact) mass is 272 g/mol. The number of carbonyl (C=O) groups is 3. The van der Waals surface area contributed by atoms with E-state index in [1.807, 2.05) is 0 Å². The average Bonchev–Trinajstić information content (AvgIpc) is 2.34. The van der Waals surface area contributed by atoms with Crippen molar-refractivity contribution in [3.05, 3.63) is 0 Å². The van der Waals surface area contributed by atoms with E-state index in [0.29, 0.717) is 19.6 Å². The third kappa shape index (κ3) is 6.79. The van der Waals surface area contributed by atoms with Gasteiger partial charge in [-0.1, -0.05) is 20.8 Å². The van der Waals surface area contributed by atoms with Gasteiger partial charge in [-0.3, -0.25) is 14.4 Å². The number of esters is 1. The number of hydrogen-bond acceptors (Lipinski definition) is 4. The van der Waals surface area contributed by atoms with E-state index in [9.17, 15) is 14.4 Å². The standard InChI is InChI=1S/C13H24N2O4/c1-9(2)12(17)15(7-6-14-11(4)16)8-10(3)13(18)19-5/h9-10H,6-8H2,1-5H3,(H,14,16). The molecule has 0 aromatic carbocycles. The maximum absolute atomic E-state index is 12.0. The molecular weight excluding hydrogens is 248 g/mol. The Hall–Kier alpha value is -1.59. The molecule has 0 saturated heterocycles. The normalized spacial score (nSPS) is 11.9. The predicted molar refractivity (Wildman–Crippen MR) is 71.3 cm³/mol. The van der Waals surface area contributed by atoms with E-state index in [4.69, 9.17) is 0 Å². The molecule has 19 heavy (non-hydrogen) atoms. The summed E-state index contributed by atoms with van der Waals surface area (Å²) in [5.74, 6) is -1.06. The van der Waals surface area contributed by atoms with Crippen LogP contribution in [0.25, 0.3) is 0 Å². The van der Waals surface area contributed by atoms with Crippen LogP contribution in [0.5, 0.6) is 0 Å². The van der Waals surface area contributed by atoms with Crippen molar-refractivity contribution in [1.29, 1.82) is 0 Å². The summed E-state index contributed by atoms with van der Waals surface area (Å²) in [6, 6.07) is 0. The van der Waals surface area contributed by atoms with Gasteiger partial charge in [0.15, 0.2) is 0 Å². The highest BCUT2D eigenvalue weighted by molar-refractivity contribution is 5.79. The fraction of sp³-hybridized carbons (Fsp3) is 0.769. The molecule has 1 N–H and O–H groups in total. The second kappa shape index (κ2) is 8.50. The van der Waals surface area contributed by atoms with E-state index in [0.717, 1.165) is 0 Å². The van der Waals surface area contributed by atoms with E-state index in [2.05, 4.69) is 10.1 Å². The van der Waals surface area contributed by atoms with E-state index in [1.54, 1.807) is 25.7 Å². The zero-order valence-electron chi connectivity index (χ0n) is 12.4. The van der Waals surface area contributed by atoms with Crippen molar-refractivity contribution < 1.29 is 19.1 Å². The van der Waals surface area contributed by atoms with Gasteiger partial charge in [0.25, 0.3) is 0 Å². The summed E-state index contributed by atoms with van der Waals surface area (Å²) in [4.78, 5) is 35.8. The average molecular weight is 272 g/mol. The van der Waals surface area contributed by atoms with Crippen LogP contribution in [0.2, 0.25) is 0 Å². The Morgan fingerprint density at radius 3 is 2.21 bits per heavy atom. The predicted octanol–water partition coefficient (Wildman–Crippen LogP) is 0.416. The van der Waals surface area contributed by atoms with Crippen LogP contribution in [0, 0.1) is 11.8 Å². The van der Waals surface area contributed by atoms with Gasteiger partial charge in [0, 0.05) is 32.5 Å². The maximum Gasteiger partial charge on any atom is 0.310 e. The van der Waals surface area contributed by atoms with Gasteiger partial charge in [-0.2, -0.15) is 0 Å². The molecule has 0 spiro atoms. The Kier molecular flexibility index (Phi) is 7.79. The van der Waals surface area contributed by atoms with Crippen LogP contribution in [-0.4, -0.2) is 49.4 Å². The number of ether oxygens (including phenoxy) is 1. The molecule has 0 aliphatic carbocycles. The largest absolute Gasteiger partial charge is 0.469 e. The fourth-order valence-electron chi connectivity index (χ4n) is 1.63. The van der Waals surface area contributed by atoms with Gasteiger partial charge >= 0.3 is 5.97 Å². The first-order valence-corrected chi connectivity index (χ1v) is 6.40. The van der Waals surface area contributed by atoms with Crippen LogP contribution in [0.4, 0.5) is 0 Å². The number of rotatable bonds is 7. The lowest BCUT2D eigenvalue weighted by atomic mass is 10.1. The molecule has 6 nitrogen and oxygen atoms in total. The minimum absolute atomic E-state index is 0.0406. The van der Waals surface area contributed by atoms with Crippen molar-refractivity contribution in [3.63, 3.8) is 0 Å². The van der Waals surface area contributed by atoms with Crippen LogP contribution in [0.3, 0.4) is 0 Å². The molecule has 0 heterocycles. The van der Waals surface area contributed by atoms with Gasteiger partial charge in [0.2, 0.25) is 11.8 Å². The third-order valence-electron chi connectivity index (χ3n) is 2.66. The minimum atomic E-state index is -0.384. The van der Waals surface area contributed by atoms with Crippen LogP contribution in [-0.2, 0) is 19.1 Å². The highest BCUT2D eigenvalue weighted by Gasteiger charge is 2.22. The summed E-state index contributed by atoms with van der Waals surface area (Å²) in [6.07, 6.45) is 0. The summed E-state index contributed by atoms with van der Waals surface area (Å²) in [6.45, 7) is 7.80. The van der Waals surface area contributed by atoms with Crippen LogP contribution in [0.1, 0.15) is 27.7 Å². The van der Waals surface area contributed by atoms with Gasteiger partial charge in [-0.25, -0.2) is 0 Å². The molecule has 1 atom stereocenters. The Morgan fingerprint density at radius 2 is 1.79 bits per heavy atom. The lowest BCUT2D eigenvalue weighted by molar-refractivity contribution is -0.147. The Labute approximate surface area is 114 Å². The van der Waals surface area contributed by atoms with Crippen LogP contribution in [0.15, 0.2) is 0 Å². The molecule has 0 aromatic heterocycles. The highest BCUT2D eigenvalue weighted by atomic mass is 16.5. The smallest absolute Gasteiger partial charge is 0.310 e. The molecule has 6 heteroatoms. The maximum atomic E-state index is 12.0. The number of nitrogens with zero attached hydrogens (tertiary/aromatic N) is 1. The summed E-state index contributed by atoms with van der Waals surface area (Å²) < 4.78 is 4.65.